The first-order valence-corrected chi connectivity index (χ1v) is 8.91. The second kappa shape index (κ2) is 6.04. The lowest BCUT2D eigenvalue weighted by atomic mass is 10.2. The van der Waals surface area contributed by atoms with Gasteiger partial charge in [-0.2, -0.15) is 0 Å². The van der Waals surface area contributed by atoms with Gasteiger partial charge in [0.05, 0.1) is 11.1 Å². The number of nitrogens with zero attached hydrogens (tertiary/aromatic N) is 1. The van der Waals surface area contributed by atoms with Crippen LogP contribution in [0.1, 0.15) is 11.1 Å². The lowest BCUT2D eigenvalue weighted by Crippen LogP contribution is -2.22. The molecule has 2 heterocycles. The van der Waals surface area contributed by atoms with Crippen LogP contribution in [0.2, 0.25) is 0 Å². The molecule has 0 saturated heterocycles. The average Bonchev–Trinajstić information content (AvgIpc) is 3.18. The number of aryl methyl sites for hydroxylation is 1. The highest BCUT2D eigenvalue weighted by Crippen LogP contribution is 2.30. The Kier molecular flexibility index (Phi) is 4.10. The third kappa shape index (κ3) is 3.27. The van der Waals surface area contributed by atoms with Gasteiger partial charge in [0.15, 0.2) is 5.76 Å². The van der Waals surface area contributed by atoms with Crippen LogP contribution < -0.4 is 4.72 Å². The van der Waals surface area contributed by atoms with Crippen molar-refractivity contribution in [2.24, 2.45) is 0 Å². The minimum Gasteiger partial charge on any atom is -0.355 e. The normalized spacial score (nSPS) is 11.7. The molecule has 0 fully saturated rings. The molecule has 22 heavy (non-hydrogen) atoms. The second-order valence-electron chi connectivity index (χ2n) is 4.81. The van der Waals surface area contributed by atoms with Gasteiger partial charge >= 0.3 is 0 Å². The van der Waals surface area contributed by atoms with E-state index in [0.29, 0.717) is 5.76 Å². The fourth-order valence-corrected chi connectivity index (χ4v) is 4.22. The van der Waals surface area contributed by atoms with E-state index in [0.717, 1.165) is 27.3 Å². The Bertz CT molecular complexity index is 851. The van der Waals surface area contributed by atoms with Crippen molar-refractivity contribution in [3.63, 3.8) is 0 Å². The summed E-state index contributed by atoms with van der Waals surface area (Å²) in [6.07, 6.45) is 1.53. The maximum absolute atomic E-state index is 12.3. The molecule has 0 aliphatic carbocycles. The fourth-order valence-electron chi connectivity index (χ4n) is 1.90. The summed E-state index contributed by atoms with van der Waals surface area (Å²) in [5.41, 5.74) is 2.06. The Hall–Kier alpha value is -1.96. The molecule has 0 saturated carbocycles. The third-order valence-corrected chi connectivity index (χ3v) is 6.11. The Morgan fingerprint density at radius 1 is 1.14 bits per heavy atom. The maximum atomic E-state index is 12.3. The molecular weight excluding hydrogens is 320 g/mol. The maximum Gasteiger partial charge on any atom is 0.250 e. The van der Waals surface area contributed by atoms with Crippen LogP contribution in [-0.4, -0.2) is 13.6 Å². The molecule has 0 amide bonds. The minimum absolute atomic E-state index is 0.256. The SMILES string of the molecule is Cc1ccc(CNS(=O)(=O)c2ccc(-c3ccno3)s2)cc1. The molecule has 1 aromatic carbocycles. The van der Waals surface area contributed by atoms with Gasteiger partial charge in [-0.25, -0.2) is 13.1 Å². The number of hydrogen-bond acceptors (Lipinski definition) is 5. The zero-order valence-corrected chi connectivity index (χ0v) is 13.4. The molecule has 2 aromatic heterocycles. The van der Waals surface area contributed by atoms with Crippen molar-refractivity contribution in [1.29, 1.82) is 0 Å². The first kappa shape index (κ1) is 15.0. The van der Waals surface area contributed by atoms with Crippen LogP contribution in [0.25, 0.3) is 10.6 Å². The molecule has 0 atom stereocenters. The van der Waals surface area contributed by atoms with Gasteiger partial charge in [-0.05, 0) is 24.6 Å². The van der Waals surface area contributed by atoms with Crippen molar-refractivity contribution >= 4 is 21.4 Å². The molecule has 0 aliphatic heterocycles. The number of rotatable bonds is 5. The molecule has 3 aromatic rings. The molecule has 7 heteroatoms. The summed E-state index contributed by atoms with van der Waals surface area (Å²) in [5, 5.41) is 3.62. The summed E-state index contributed by atoms with van der Waals surface area (Å²) in [5.74, 6) is 0.560. The lowest BCUT2D eigenvalue weighted by molar-refractivity contribution is 0.433. The van der Waals surface area contributed by atoms with Crippen molar-refractivity contribution in [1.82, 2.24) is 9.88 Å². The highest BCUT2D eigenvalue weighted by atomic mass is 32.2. The van der Waals surface area contributed by atoms with Crippen LogP contribution in [0.3, 0.4) is 0 Å². The number of hydrogen-bond donors (Lipinski definition) is 1. The third-order valence-electron chi connectivity index (χ3n) is 3.11. The summed E-state index contributed by atoms with van der Waals surface area (Å²) < 4.78 is 32.5. The number of sulfonamides is 1. The van der Waals surface area contributed by atoms with E-state index < -0.39 is 10.0 Å². The summed E-state index contributed by atoms with van der Waals surface area (Å²) in [4.78, 5) is 0.730. The Morgan fingerprint density at radius 3 is 2.59 bits per heavy atom. The van der Waals surface area contributed by atoms with E-state index in [4.69, 9.17) is 4.52 Å². The highest BCUT2D eigenvalue weighted by Gasteiger charge is 2.18. The first-order valence-electron chi connectivity index (χ1n) is 6.61. The van der Waals surface area contributed by atoms with Crippen LogP contribution >= 0.6 is 11.3 Å². The minimum atomic E-state index is -3.53. The van der Waals surface area contributed by atoms with Gasteiger partial charge in [0.25, 0.3) is 0 Å². The van der Waals surface area contributed by atoms with E-state index in [1.165, 1.54) is 6.20 Å². The number of benzene rings is 1. The molecular formula is C15H14N2O3S2. The zero-order valence-electron chi connectivity index (χ0n) is 11.8. The Labute approximate surface area is 132 Å². The van der Waals surface area contributed by atoms with Gasteiger partial charge in [0.1, 0.15) is 4.21 Å². The first-order chi connectivity index (χ1) is 10.5. The van der Waals surface area contributed by atoms with Crippen molar-refractivity contribution in [2.45, 2.75) is 17.7 Å². The van der Waals surface area contributed by atoms with E-state index in [1.54, 1.807) is 18.2 Å². The van der Waals surface area contributed by atoms with Crippen molar-refractivity contribution in [3.8, 4) is 10.6 Å². The predicted octanol–water partition coefficient (Wildman–Crippen LogP) is 3.19. The monoisotopic (exact) mass is 334 g/mol. The molecule has 0 unspecified atom stereocenters. The Balaban J connectivity index is 1.74. The summed E-state index contributed by atoms with van der Waals surface area (Å²) in [7, 11) is -3.53. The van der Waals surface area contributed by atoms with Gasteiger partial charge in [0, 0.05) is 12.6 Å². The van der Waals surface area contributed by atoms with Crippen LogP contribution in [0.5, 0.6) is 0 Å². The molecule has 0 radical (unpaired) electrons. The standard InChI is InChI=1S/C15H14N2O3S2/c1-11-2-4-12(5-3-11)10-17-22(18,19)15-7-6-14(21-15)13-8-9-16-20-13/h2-9,17H,10H2,1H3. The van der Waals surface area contributed by atoms with E-state index in [1.807, 2.05) is 31.2 Å². The summed E-state index contributed by atoms with van der Waals surface area (Å²) in [6.45, 7) is 2.25. The van der Waals surface area contributed by atoms with Gasteiger partial charge in [-0.3, -0.25) is 0 Å². The van der Waals surface area contributed by atoms with Gasteiger partial charge in [0.2, 0.25) is 10.0 Å². The van der Waals surface area contributed by atoms with Crippen LogP contribution in [0, 0.1) is 6.92 Å². The largest absolute Gasteiger partial charge is 0.355 e. The molecule has 5 nitrogen and oxygen atoms in total. The predicted molar refractivity (Wildman–Crippen MR) is 85.0 cm³/mol. The number of aromatic nitrogens is 1. The molecule has 3 rings (SSSR count). The zero-order chi connectivity index (χ0) is 15.6. The van der Waals surface area contributed by atoms with E-state index >= 15 is 0 Å². The van der Waals surface area contributed by atoms with Crippen LogP contribution in [0.4, 0.5) is 0 Å². The molecule has 0 bridgehead atoms. The molecule has 1 N–H and O–H groups in total. The van der Waals surface area contributed by atoms with Crippen molar-refractivity contribution in [3.05, 3.63) is 59.8 Å². The van der Waals surface area contributed by atoms with Gasteiger partial charge < -0.3 is 4.52 Å². The molecule has 114 valence electrons. The van der Waals surface area contributed by atoms with Crippen molar-refractivity contribution in [2.75, 3.05) is 0 Å². The van der Waals surface area contributed by atoms with Gasteiger partial charge in [-0.1, -0.05) is 35.0 Å². The molecule has 0 aliphatic rings. The average molecular weight is 334 g/mol. The lowest BCUT2D eigenvalue weighted by Gasteiger charge is -2.05. The van der Waals surface area contributed by atoms with Crippen LogP contribution in [-0.2, 0) is 16.6 Å². The smallest absolute Gasteiger partial charge is 0.250 e. The van der Waals surface area contributed by atoms with Gasteiger partial charge in [-0.15, -0.1) is 11.3 Å². The van der Waals surface area contributed by atoms with E-state index in [-0.39, 0.29) is 10.8 Å². The van der Waals surface area contributed by atoms with E-state index in [2.05, 4.69) is 9.88 Å². The number of thiophene rings is 1. The van der Waals surface area contributed by atoms with Crippen molar-refractivity contribution < 1.29 is 12.9 Å². The van der Waals surface area contributed by atoms with E-state index in [9.17, 15) is 8.42 Å². The Morgan fingerprint density at radius 2 is 1.91 bits per heavy atom. The quantitative estimate of drug-likeness (QED) is 0.778. The summed E-state index contributed by atoms with van der Waals surface area (Å²) in [6, 6.07) is 12.7. The summed E-state index contributed by atoms with van der Waals surface area (Å²) >= 11 is 1.15. The number of nitrogens with one attached hydrogen (secondary N) is 1. The fraction of sp³-hybridized carbons (Fsp3) is 0.133. The second-order valence-corrected chi connectivity index (χ2v) is 7.88. The topological polar surface area (TPSA) is 72.2 Å². The van der Waals surface area contributed by atoms with Crippen LogP contribution in [0.15, 0.2) is 57.4 Å². The molecule has 0 spiro atoms. The highest BCUT2D eigenvalue weighted by molar-refractivity contribution is 7.91.